The number of phenolic OH excluding ortho intramolecular Hbond substituents is 1. The van der Waals surface area contributed by atoms with Crippen molar-refractivity contribution in [3.63, 3.8) is 0 Å². The van der Waals surface area contributed by atoms with E-state index in [0.29, 0.717) is 17.1 Å². The fourth-order valence-electron chi connectivity index (χ4n) is 5.30. The number of fused-ring (bicyclic) bond motifs is 1. The number of aliphatic hydroxyl groups excluding tert-OH is 8. The van der Waals surface area contributed by atoms with Gasteiger partial charge < -0.3 is 79.1 Å². The lowest BCUT2D eigenvalue weighted by Gasteiger charge is -2.42. The summed E-state index contributed by atoms with van der Waals surface area (Å²) >= 11 is 0. The van der Waals surface area contributed by atoms with Crippen molar-refractivity contribution in [2.45, 2.75) is 74.4 Å². The summed E-state index contributed by atoms with van der Waals surface area (Å²) in [5, 5.41) is 92.4. The minimum Gasteiger partial charge on any atom is -0.507 e. The average molecular weight is 655 g/mol. The highest BCUT2D eigenvalue weighted by Gasteiger charge is 2.47. The van der Waals surface area contributed by atoms with Crippen molar-refractivity contribution in [2.24, 2.45) is 0 Å². The Balaban J connectivity index is 1.31. The van der Waals surface area contributed by atoms with Crippen molar-refractivity contribution in [1.29, 1.82) is 0 Å². The fraction of sp³-hybridized carbons (Fsp3) is 0.533. The standard InChI is InChI=1S/C30H38O16/c1-12-23(34)25(36)27(38)29(43-12)42-11-21-24(35)26(37)28(39)30(46-21)44-14-8-15(32)22-16(33)10-18(45-20(22)9-14)13-3-4-17(40-2)19(7-13)41-6-5-31/h3-4,7-10,12,16,21,23-39H,5-6,11H2,1-2H3/t12-,16?,21+,23-,24+,25+,26-,27+,28+,29+,30+/m0/s1. The quantitative estimate of drug-likeness (QED) is 0.138. The first kappa shape index (κ1) is 34.1. The third-order valence-corrected chi connectivity index (χ3v) is 7.87. The second-order valence-electron chi connectivity index (χ2n) is 11.0. The Morgan fingerprint density at radius 1 is 0.804 bits per heavy atom. The van der Waals surface area contributed by atoms with E-state index in [9.17, 15) is 40.9 Å². The maximum Gasteiger partial charge on any atom is 0.229 e. The molecule has 2 saturated heterocycles. The summed E-state index contributed by atoms with van der Waals surface area (Å²) in [4.78, 5) is 0. The molecular weight excluding hydrogens is 616 g/mol. The third-order valence-electron chi connectivity index (χ3n) is 7.87. The Morgan fingerprint density at radius 2 is 1.52 bits per heavy atom. The van der Waals surface area contributed by atoms with Crippen LogP contribution in [-0.2, 0) is 14.2 Å². The van der Waals surface area contributed by atoms with Gasteiger partial charge in [-0.05, 0) is 31.2 Å². The highest BCUT2D eigenvalue weighted by Crippen LogP contribution is 2.45. The van der Waals surface area contributed by atoms with Gasteiger partial charge in [0, 0.05) is 17.7 Å². The van der Waals surface area contributed by atoms with Crippen molar-refractivity contribution in [2.75, 3.05) is 26.9 Å². The van der Waals surface area contributed by atoms with Crippen LogP contribution >= 0.6 is 0 Å². The largest absolute Gasteiger partial charge is 0.507 e. The zero-order valence-corrected chi connectivity index (χ0v) is 24.8. The maximum atomic E-state index is 10.8. The molecule has 2 aromatic rings. The molecule has 5 rings (SSSR count). The summed E-state index contributed by atoms with van der Waals surface area (Å²) in [6.45, 7) is 0.753. The third kappa shape index (κ3) is 6.87. The van der Waals surface area contributed by atoms with Crippen molar-refractivity contribution in [3.8, 4) is 28.7 Å². The zero-order valence-electron chi connectivity index (χ0n) is 24.8. The zero-order chi connectivity index (χ0) is 33.3. The summed E-state index contributed by atoms with van der Waals surface area (Å²) < 4.78 is 39.1. The second-order valence-corrected chi connectivity index (χ2v) is 11.0. The van der Waals surface area contributed by atoms with Crippen LogP contribution in [0.2, 0.25) is 0 Å². The number of aliphatic hydroxyl groups is 8. The van der Waals surface area contributed by atoms with Crippen LogP contribution in [0.25, 0.3) is 5.76 Å². The van der Waals surface area contributed by atoms with Gasteiger partial charge in [0.2, 0.25) is 6.29 Å². The van der Waals surface area contributed by atoms with E-state index >= 15 is 0 Å². The molecule has 2 aromatic carbocycles. The van der Waals surface area contributed by atoms with E-state index in [-0.39, 0.29) is 36.0 Å². The first-order valence-electron chi connectivity index (χ1n) is 14.5. The molecule has 3 aliphatic rings. The van der Waals surface area contributed by atoms with Crippen LogP contribution < -0.4 is 18.9 Å². The van der Waals surface area contributed by atoms with Crippen LogP contribution in [0.1, 0.15) is 24.2 Å². The molecule has 1 unspecified atom stereocenters. The maximum absolute atomic E-state index is 10.8. The van der Waals surface area contributed by atoms with Gasteiger partial charge >= 0.3 is 0 Å². The minimum absolute atomic E-state index is 0.00212. The molecule has 0 radical (unpaired) electrons. The van der Waals surface area contributed by atoms with Gasteiger partial charge in [-0.25, -0.2) is 0 Å². The first-order valence-corrected chi connectivity index (χ1v) is 14.5. The predicted octanol–water partition coefficient (Wildman–Crippen LogP) is -1.73. The van der Waals surface area contributed by atoms with Gasteiger partial charge in [0.1, 0.15) is 78.4 Å². The first-order chi connectivity index (χ1) is 21.9. The predicted molar refractivity (Wildman–Crippen MR) is 153 cm³/mol. The van der Waals surface area contributed by atoms with E-state index in [1.165, 1.54) is 26.2 Å². The molecule has 0 aliphatic carbocycles. The fourth-order valence-corrected chi connectivity index (χ4v) is 5.30. The molecule has 9 N–H and O–H groups in total. The smallest absolute Gasteiger partial charge is 0.229 e. The number of methoxy groups -OCH3 is 1. The number of rotatable bonds is 10. The van der Waals surface area contributed by atoms with E-state index in [1.807, 2.05) is 0 Å². The number of phenols is 1. The lowest BCUT2D eigenvalue weighted by molar-refractivity contribution is -0.318. The summed E-state index contributed by atoms with van der Waals surface area (Å²) in [6, 6.07) is 7.30. The van der Waals surface area contributed by atoms with Crippen molar-refractivity contribution in [3.05, 3.63) is 47.5 Å². The van der Waals surface area contributed by atoms with Crippen LogP contribution in [0, 0.1) is 0 Å². The number of benzene rings is 2. The van der Waals surface area contributed by atoms with Gasteiger partial charge in [0.25, 0.3) is 0 Å². The van der Waals surface area contributed by atoms with Crippen molar-refractivity contribution >= 4 is 5.76 Å². The molecule has 3 aliphatic heterocycles. The number of aromatic hydroxyl groups is 1. The Morgan fingerprint density at radius 3 is 2.24 bits per heavy atom. The van der Waals surface area contributed by atoms with E-state index in [1.54, 1.807) is 18.2 Å². The molecule has 16 heteroatoms. The van der Waals surface area contributed by atoms with Crippen LogP contribution in [0.3, 0.4) is 0 Å². The molecule has 0 amide bonds. The molecule has 3 heterocycles. The number of ether oxygens (including phenoxy) is 7. The van der Waals surface area contributed by atoms with Gasteiger partial charge in [0.15, 0.2) is 17.8 Å². The molecule has 0 spiro atoms. The monoisotopic (exact) mass is 654 g/mol. The number of hydrogen-bond donors (Lipinski definition) is 9. The highest BCUT2D eigenvalue weighted by molar-refractivity contribution is 5.70. The van der Waals surface area contributed by atoms with Crippen LogP contribution in [-0.4, -0.2) is 134 Å². The molecule has 16 nitrogen and oxygen atoms in total. The van der Waals surface area contributed by atoms with Gasteiger partial charge in [0.05, 0.1) is 32.0 Å². The van der Waals surface area contributed by atoms with Gasteiger partial charge in [-0.3, -0.25) is 0 Å². The van der Waals surface area contributed by atoms with Gasteiger partial charge in [-0.1, -0.05) is 0 Å². The highest BCUT2D eigenvalue weighted by atomic mass is 16.7. The summed E-state index contributed by atoms with van der Waals surface area (Å²) in [7, 11) is 1.46. The van der Waals surface area contributed by atoms with Gasteiger partial charge in [-0.15, -0.1) is 0 Å². The van der Waals surface area contributed by atoms with Crippen LogP contribution in [0.15, 0.2) is 36.4 Å². The normalized spacial score (nSPS) is 34.2. The molecular formula is C30H38O16. The minimum atomic E-state index is -1.77. The molecule has 0 bridgehead atoms. The topological polar surface area (TPSA) is 247 Å². The Labute approximate surface area is 262 Å². The Kier molecular flexibility index (Phi) is 10.6. The van der Waals surface area contributed by atoms with Crippen LogP contribution in [0.4, 0.5) is 0 Å². The summed E-state index contributed by atoms with van der Waals surface area (Å²) in [6.07, 6.45) is -14.9. The van der Waals surface area contributed by atoms with Gasteiger partial charge in [-0.2, -0.15) is 0 Å². The van der Waals surface area contributed by atoms with Crippen LogP contribution in [0.5, 0.6) is 28.7 Å². The summed E-state index contributed by atoms with van der Waals surface area (Å²) in [5.41, 5.74) is 0.500. The van der Waals surface area contributed by atoms with E-state index in [0.717, 1.165) is 6.07 Å². The molecule has 0 saturated carbocycles. The molecule has 11 atom stereocenters. The van der Waals surface area contributed by atoms with E-state index < -0.39 is 79.9 Å². The van der Waals surface area contributed by atoms with E-state index in [4.69, 9.17) is 38.3 Å². The molecule has 2 fully saturated rings. The molecule has 254 valence electrons. The molecule has 46 heavy (non-hydrogen) atoms. The lowest BCUT2D eigenvalue weighted by atomic mass is 9.98. The summed E-state index contributed by atoms with van der Waals surface area (Å²) in [5.74, 6) is 0.388. The molecule has 0 aromatic heterocycles. The lowest BCUT2D eigenvalue weighted by Crippen LogP contribution is -2.61. The second kappa shape index (κ2) is 14.2. The average Bonchev–Trinajstić information content (AvgIpc) is 3.03. The number of hydrogen-bond acceptors (Lipinski definition) is 16. The van der Waals surface area contributed by atoms with Crippen molar-refractivity contribution < 1.29 is 79.1 Å². The van der Waals surface area contributed by atoms with Crippen molar-refractivity contribution in [1.82, 2.24) is 0 Å². The Bertz CT molecular complexity index is 1380. The Hall–Kier alpha value is -3.26. The van der Waals surface area contributed by atoms with E-state index in [2.05, 4.69) is 0 Å². The SMILES string of the molecule is COc1ccc(C2=CC(O)c3c(O)cc(O[C@@H]4O[C@H](CO[C@@H]5O[C@@H](C)[C@H](O)[C@@H](O)[C@H]5O)[C@@H](O)[C@H](O)[C@H]4O)cc3O2)cc1OCCO.